The van der Waals surface area contributed by atoms with Crippen molar-refractivity contribution in [1.29, 1.82) is 0 Å². The summed E-state index contributed by atoms with van der Waals surface area (Å²) in [5, 5.41) is 9.51. The molecule has 0 fully saturated rings. The highest BCUT2D eigenvalue weighted by atomic mass is 32.1. The fraction of sp³-hybridized carbons (Fsp3) is 0.263. The lowest BCUT2D eigenvalue weighted by Gasteiger charge is -2.07. The second-order valence-electron chi connectivity index (χ2n) is 6.26. The van der Waals surface area contributed by atoms with E-state index in [9.17, 15) is 4.79 Å². The fourth-order valence-corrected chi connectivity index (χ4v) is 2.97. The monoisotopic (exact) mass is 383 g/mol. The molecule has 27 heavy (non-hydrogen) atoms. The highest BCUT2D eigenvalue weighted by molar-refractivity contribution is 7.13. The van der Waals surface area contributed by atoms with Crippen LogP contribution in [-0.4, -0.2) is 26.2 Å². The van der Waals surface area contributed by atoms with Gasteiger partial charge >= 0.3 is 0 Å². The standard InChI is InChI=1S/C19H21N5O2S/c1-13(2)18(25)22-19-21-15(11-27-19)10-26-23-17(14-7-5-4-6-8-14)16-9-20-12-24(16)3/h4-9,11-13H,10H2,1-3H3,(H,21,22,25). The van der Waals surface area contributed by atoms with E-state index < -0.39 is 0 Å². The molecule has 7 nitrogen and oxygen atoms in total. The molecule has 0 atom stereocenters. The Labute approximate surface area is 161 Å². The predicted octanol–water partition coefficient (Wildman–Crippen LogP) is 3.44. The third-order valence-electron chi connectivity index (χ3n) is 3.78. The van der Waals surface area contributed by atoms with Crippen LogP contribution in [0.5, 0.6) is 0 Å². The molecule has 1 amide bonds. The van der Waals surface area contributed by atoms with Crippen molar-refractivity contribution in [2.24, 2.45) is 18.1 Å². The maximum atomic E-state index is 11.7. The second kappa shape index (κ2) is 8.59. The molecule has 0 bridgehead atoms. The number of thiazole rings is 1. The van der Waals surface area contributed by atoms with Crippen LogP contribution in [0.1, 0.15) is 30.8 Å². The van der Waals surface area contributed by atoms with Crippen molar-refractivity contribution in [2.75, 3.05) is 5.32 Å². The third-order valence-corrected chi connectivity index (χ3v) is 4.59. The summed E-state index contributed by atoms with van der Waals surface area (Å²) in [4.78, 5) is 25.8. The van der Waals surface area contributed by atoms with Crippen molar-refractivity contribution in [3.8, 4) is 0 Å². The molecule has 140 valence electrons. The zero-order valence-corrected chi connectivity index (χ0v) is 16.2. The highest BCUT2D eigenvalue weighted by Crippen LogP contribution is 2.17. The molecule has 2 aromatic heterocycles. The summed E-state index contributed by atoms with van der Waals surface area (Å²) in [6.45, 7) is 3.89. The molecule has 0 saturated carbocycles. The number of carbonyl (C=O) groups is 1. The van der Waals surface area contributed by atoms with Gasteiger partial charge in [0.05, 0.1) is 23.9 Å². The van der Waals surface area contributed by atoms with E-state index in [-0.39, 0.29) is 18.4 Å². The summed E-state index contributed by atoms with van der Waals surface area (Å²) >= 11 is 1.37. The van der Waals surface area contributed by atoms with Gasteiger partial charge in [-0.25, -0.2) is 9.97 Å². The Morgan fingerprint density at radius 1 is 1.33 bits per heavy atom. The number of oxime groups is 1. The van der Waals surface area contributed by atoms with Crippen molar-refractivity contribution < 1.29 is 9.63 Å². The molecular weight excluding hydrogens is 362 g/mol. The summed E-state index contributed by atoms with van der Waals surface area (Å²) in [6, 6.07) is 9.79. The smallest absolute Gasteiger partial charge is 0.228 e. The zero-order valence-electron chi connectivity index (χ0n) is 15.4. The number of hydrogen-bond acceptors (Lipinski definition) is 6. The van der Waals surface area contributed by atoms with Crippen LogP contribution in [-0.2, 0) is 23.3 Å². The van der Waals surface area contributed by atoms with Crippen LogP contribution in [0.15, 0.2) is 53.4 Å². The van der Waals surface area contributed by atoms with Gasteiger partial charge in [-0.05, 0) is 0 Å². The Bertz CT molecular complexity index is 930. The van der Waals surface area contributed by atoms with Crippen molar-refractivity contribution in [3.63, 3.8) is 0 Å². The third kappa shape index (κ3) is 4.79. The van der Waals surface area contributed by atoms with Crippen molar-refractivity contribution in [1.82, 2.24) is 14.5 Å². The summed E-state index contributed by atoms with van der Waals surface area (Å²) in [5.41, 5.74) is 3.19. The number of aryl methyl sites for hydroxylation is 1. The molecule has 0 unspecified atom stereocenters. The summed E-state index contributed by atoms with van der Waals surface area (Å²) in [7, 11) is 1.91. The predicted molar refractivity (Wildman–Crippen MR) is 106 cm³/mol. The van der Waals surface area contributed by atoms with Crippen LogP contribution in [0.3, 0.4) is 0 Å². The van der Waals surface area contributed by atoms with E-state index in [0.717, 1.165) is 11.3 Å². The van der Waals surface area contributed by atoms with E-state index in [2.05, 4.69) is 20.4 Å². The van der Waals surface area contributed by atoms with Gasteiger partial charge in [0.25, 0.3) is 0 Å². The molecule has 0 saturated heterocycles. The van der Waals surface area contributed by atoms with Crippen molar-refractivity contribution in [3.05, 3.63) is 65.2 Å². The fourth-order valence-electron chi connectivity index (χ4n) is 2.27. The zero-order chi connectivity index (χ0) is 19.2. The molecule has 2 heterocycles. The van der Waals surface area contributed by atoms with Gasteiger partial charge in [-0.1, -0.05) is 49.3 Å². The lowest BCUT2D eigenvalue weighted by Crippen LogP contribution is -2.17. The average Bonchev–Trinajstić information content (AvgIpc) is 3.28. The summed E-state index contributed by atoms with van der Waals surface area (Å²) in [5.74, 6) is -0.150. The minimum atomic E-state index is -0.0921. The molecule has 0 radical (unpaired) electrons. The maximum Gasteiger partial charge on any atom is 0.228 e. The normalized spacial score (nSPS) is 11.6. The van der Waals surface area contributed by atoms with Crippen LogP contribution >= 0.6 is 11.3 Å². The number of benzene rings is 1. The number of imidazole rings is 1. The quantitative estimate of drug-likeness (QED) is 0.500. The molecule has 0 spiro atoms. The number of carbonyl (C=O) groups excluding carboxylic acids is 1. The molecule has 0 aliphatic rings. The van der Waals surface area contributed by atoms with Crippen molar-refractivity contribution in [2.45, 2.75) is 20.5 Å². The average molecular weight is 383 g/mol. The molecule has 8 heteroatoms. The Morgan fingerprint density at radius 3 is 2.78 bits per heavy atom. The summed E-state index contributed by atoms with van der Waals surface area (Å²) in [6.07, 6.45) is 3.47. The van der Waals surface area contributed by atoms with Crippen LogP contribution in [0.2, 0.25) is 0 Å². The first-order valence-corrected chi connectivity index (χ1v) is 9.40. The highest BCUT2D eigenvalue weighted by Gasteiger charge is 2.13. The number of nitrogens with zero attached hydrogens (tertiary/aromatic N) is 4. The topological polar surface area (TPSA) is 81.4 Å². The Hall–Kier alpha value is -3.00. The van der Waals surface area contributed by atoms with Gasteiger partial charge < -0.3 is 14.7 Å². The Kier molecular flexibility index (Phi) is 5.97. The number of aromatic nitrogens is 3. The molecular formula is C19H21N5O2S. The first-order chi connectivity index (χ1) is 13.0. The Morgan fingerprint density at radius 2 is 2.11 bits per heavy atom. The van der Waals surface area contributed by atoms with Gasteiger partial charge in [-0.3, -0.25) is 4.79 Å². The molecule has 3 rings (SSSR count). The van der Waals surface area contributed by atoms with Crippen LogP contribution in [0, 0.1) is 5.92 Å². The molecule has 0 aliphatic heterocycles. The number of rotatable bonds is 7. The van der Waals surface area contributed by atoms with Gasteiger partial charge in [0.1, 0.15) is 5.71 Å². The molecule has 0 aliphatic carbocycles. The minimum absolute atomic E-state index is 0.0580. The van der Waals surface area contributed by atoms with E-state index in [1.807, 2.05) is 61.2 Å². The van der Waals surface area contributed by atoms with E-state index in [1.165, 1.54) is 11.3 Å². The van der Waals surface area contributed by atoms with Gasteiger partial charge in [0, 0.05) is 23.9 Å². The van der Waals surface area contributed by atoms with Gasteiger partial charge in [0.15, 0.2) is 11.7 Å². The number of amides is 1. The lowest BCUT2D eigenvalue weighted by molar-refractivity contribution is -0.118. The largest absolute Gasteiger partial charge is 0.389 e. The molecule has 1 aromatic carbocycles. The second-order valence-corrected chi connectivity index (χ2v) is 7.12. The van der Waals surface area contributed by atoms with E-state index in [1.54, 1.807) is 12.5 Å². The van der Waals surface area contributed by atoms with Crippen molar-refractivity contribution >= 4 is 28.1 Å². The van der Waals surface area contributed by atoms with E-state index in [4.69, 9.17) is 4.84 Å². The molecule has 1 N–H and O–H groups in total. The maximum absolute atomic E-state index is 11.7. The number of anilines is 1. The SMILES string of the molecule is CC(C)C(=O)Nc1nc(CON=C(c2ccccc2)c2cncn2C)cs1. The van der Waals surface area contributed by atoms with E-state index in [0.29, 0.717) is 16.5 Å². The van der Waals surface area contributed by atoms with E-state index >= 15 is 0 Å². The Balaban J connectivity index is 1.72. The van der Waals surface area contributed by atoms with Gasteiger partial charge in [0.2, 0.25) is 5.91 Å². The van der Waals surface area contributed by atoms with Gasteiger partial charge in [-0.15, -0.1) is 11.3 Å². The van der Waals surface area contributed by atoms with Gasteiger partial charge in [-0.2, -0.15) is 0 Å². The first kappa shape index (κ1) is 18.8. The minimum Gasteiger partial charge on any atom is -0.389 e. The van der Waals surface area contributed by atoms with Crippen LogP contribution in [0.25, 0.3) is 0 Å². The first-order valence-electron chi connectivity index (χ1n) is 8.52. The lowest BCUT2D eigenvalue weighted by atomic mass is 10.1. The number of nitrogens with one attached hydrogen (secondary N) is 1. The number of hydrogen-bond donors (Lipinski definition) is 1. The van der Waals surface area contributed by atoms with Crippen LogP contribution in [0.4, 0.5) is 5.13 Å². The molecule has 3 aromatic rings. The van der Waals surface area contributed by atoms with Crippen LogP contribution < -0.4 is 5.32 Å². The summed E-state index contributed by atoms with van der Waals surface area (Å²) < 4.78 is 1.89.